The third-order valence-electron chi connectivity index (χ3n) is 3.11. The normalized spacial score (nSPS) is 14.1. The SMILES string of the molecule is O=C(NC1CC1)c1cccc(NCc2ccoc2)c1. The highest BCUT2D eigenvalue weighted by Crippen LogP contribution is 2.20. The van der Waals surface area contributed by atoms with Gasteiger partial charge in [0.2, 0.25) is 0 Å². The van der Waals surface area contributed by atoms with Crippen LogP contribution in [0, 0.1) is 0 Å². The summed E-state index contributed by atoms with van der Waals surface area (Å²) in [5.41, 5.74) is 2.71. The van der Waals surface area contributed by atoms with Gasteiger partial charge < -0.3 is 15.1 Å². The zero-order chi connectivity index (χ0) is 13.1. The van der Waals surface area contributed by atoms with E-state index in [4.69, 9.17) is 4.42 Å². The summed E-state index contributed by atoms with van der Waals surface area (Å²) in [6.45, 7) is 0.685. The van der Waals surface area contributed by atoms with Gasteiger partial charge in [-0.1, -0.05) is 6.07 Å². The van der Waals surface area contributed by atoms with Crippen molar-refractivity contribution in [3.63, 3.8) is 0 Å². The number of hydrogen-bond donors (Lipinski definition) is 2. The van der Waals surface area contributed by atoms with Crippen LogP contribution >= 0.6 is 0 Å². The topological polar surface area (TPSA) is 54.3 Å². The Balaban J connectivity index is 1.63. The Bertz CT molecular complexity index is 559. The molecular formula is C15H16N2O2. The molecule has 19 heavy (non-hydrogen) atoms. The highest BCUT2D eigenvalue weighted by atomic mass is 16.3. The minimum Gasteiger partial charge on any atom is -0.472 e. The lowest BCUT2D eigenvalue weighted by Gasteiger charge is -2.07. The van der Waals surface area contributed by atoms with Crippen LogP contribution in [-0.4, -0.2) is 11.9 Å². The average molecular weight is 256 g/mol. The molecule has 0 bridgehead atoms. The molecule has 1 aliphatic rings. The van der Waals surface area contributed by atoms with Crippen molar-refractivity contribution >= 4 is 11.6 Å². The fourth-order valence-corrected chi connectivity index (χ4v) is 1.86. The van der Waals surface area contributed by atoms with Crippen molar-refractivity contribution in [1.29, 1.82) is 0 Å². The lowest BCUT2D eigenvalue weighted by atomic mass is 10.2. The molecule has 0 radical (unpaired) electrons. The lowest BCUT2D eigenvalue weighted by Crippen LogP contribution is -2.25. The molecule has 1 fully saturated rings. The molecule has 2 aromatic rings. The number of rotatable bonds is 5. The molecular weight excluding hydrogens is 240 g/mol. The molecule has 98 valence electrons. The van der Waals surface area contributed by atoms with Crippen LogP contribution in [0.1, 0.15) is 28.8 Å². The minimum atomic E-state index is 0.00876. The van der Waals surface area contributed by atoms with Gasteiger partial charge in [-0.15, -0.1) is 0 Å². The van der Waals surface area contributed by atoms with E-state index in [1.54, 1.807) is 12.5 Å². The lowest BCUT2D eigenvalue weighted by molar-refractivity contribution is 0.0951. The minimum absolute atomic E-state index is 0.00876. The summed E-state index contributed by atoms with van der Waals surface area (Å²) in [7, 11) is 0. The third kappa shape index (κ3) is 3.16. The Labute approximate surface area is 111 Å². The molecule has 3 rings (SSSR count). The molecule has 2 N–H and O–H groups in total. The molecule has 4 heteroatoms. The predicted molar refractivity (Wildman–Crippen MR) is 73.0 cm³/mol. The summed E-state index contributed by atoms with van der Waals surface area (Å²) < 4.78 is 5.01. The van der Waals surface area contributed by atoms with E-state index in [0.717, 1.165) is 24.1 Å². The van der Waals surface area contributed by atoms with E-state index >= 15 is 0 Å². The first-order chi connectivity index (χ1) is 9.31. The maximum Gasteiger partial charge on any atom is 0.251 e. The van der Waals surface area contributed by atoms with E-state index < -0.39 is 0 Å². The van der Waals surface area contributed by atoms with Crippen LogP contribution in [0.4, 0.5) is 5.69 Å². The number of carbonyl (C=O) groups is 1. The van der Waals surface area contributed by atoms with Crippen molar-refractivity contribution in [3.05, 3.63) is 54.0 Å². The highest BCUT2D eigenvalue weighted by molar-refractivity contribution is 5.95. The summed E-state index contributed by atoms with van der Waals surface area (Å²) >= 11 is 0. The molecule has 0 saturated heterocycles. The molecule has 4 nitrogen and oxygen atoms in total. The summed E-state index contributed by atoms with van der Waals surface area (Å²) in [6, 6.07) is 9.85. The van der Waals surface area contributed by atoms with Gasteiger partial charge in [-0.2, -0.15) is 0 Å². The van der Waals surface area contributed by atoms with E-state index in [1.807, 2.05) is 30.3 Å². The van der Waals surface area contributed by atoms with E-state index in [0.29, 0.717) is 18.2 Å². The van der Waals surface area contributed by atoms with Gasteiger partial charge in [0, 0.05) is 29.4 Å². The Morgan fingerprint density at radius 3 is 2.95 bits per heavy atom. The molecule has 1 amide bonds. The maximum absolute atomic E-state index is 11.9. The number of carbonyl (C=O) groups excluding carboxylic acids is 1. The Kier molecular flexibility index (Phi) is 3.23. The maximum atomic E-state index is 11.9. The standard InChI is InChI=1S/C15H16N2O2/c18-15(17-13-4-5-13)12-2-1-3-14(8-12)16-9-11-6-7-19-10-11/h1-3,6-8,10,13,16H,4-5,9H2,(H,17,18). The number of amides is 1. The van der Waals surface area contributed by atoms with E-state index in [1.165, 1.54) is 0 Å². The van der Waals surface area contributed by atoms with Crippen molar-refractivity contribution in [3.8, 4) is 0 Å². The Morgan fingerprint density at radius 1 is 1.32 bits per heavy atom. The van der Waals surface area contributed by atoms with Gasteiger partial charge in [-0.3, -0.25) is 4.79 Å². The number of benzene rings is 1. The van der Waals surface area contributed by atoms with Crippen LogP contribution < -0.4 is 10.6 Å². The molecule has 0 spiro atoms. The largest absolute Gasteiger partial charge is 0.472 e. The molecule has 1 aliphatic carbocycles. The first kappa shape index (κ1) is 11.8. The van der Waals surface area contributed by atoms with E-state index in [9.17, 15) is 4.79 Å². The molecule has 0 unspecified atom stereocenters. The van der Waals surface area contributed by atoms with Gasteiger partial charge in [-0.25, -0.2) is 0 Å². The summed E-state index contributed by atoms with van der Waals surface area (Å²) in [5.74, 6) is 0.00876. The van der Waals surface area contributed by atoms with Crippen LogP contribution in [0.2, 0.25) is 0 Å². The smallest absolute Gasteiger partial charge is 0.251 e. The van der Waals surface area contributed by atoms with Gasteiger partial charge in [0.25, 0.3) is 5.91 Å². The second kappa shape index (κ2) is 5.18. The molecule has 1 heterocycles. The van der Waals surface area contributed by atoms with Crippen molar-refractivity contribution < 1.29 is 9.21 Å². The van der Waals surface area contributed by atoms with Crippen molar-refractivity contribution in [2.45, 2.75) is 25.4 Å². The van der Waals surface area contributed by atoms with Gasteiger partial charge >= 0.3 is 0 Å². The van der Waals surface area contributed by atoms with E-state index in [2.05, 4.69) is 10.6 Å². The zero-order valence-electron chi connectivity index (χ0n) is 10.6. The van der Waals surface area contributed by atoms with E-state index in [-0.39, 0.29) is 5.91 Å². The highest BCUT2D eigenvalue weighted by Gasteiger charge is 2.23. The van der Waals surface area contributed by atoms with Crippen molar-refractivity contribution in [2.75, 3.05) is 5.32 Å². The van der Waals surface area contributed by atoms with Crippen molar-refractivity contribution in [1.82, 2.24) is 5.32 Å². The summed E-state index contributed by atoms with van der Waals surface area (Å²) in [4.78, 5) is 11.9. The molecule has 0 atom stereocenters. The van der Waals surface area contributed by atoms with Crippen LogP contribution in [0.25, 0.3) is 0 Å². The predicted octanol–water partition coefficient (Wildman–Crippen LogP) is 2.78. The Hall–Kier alpha value is -2.23. The second-order valence-electron chi connectivity index (χ2n) is 4.81. The number of nitrogens with one attached hydrogen (secondary N) is 2. The monoisotopic (exact) mass is 256 g/mol. The first-order valence-corrected chi connectivity index (χ1v) is 6.47. The van der Waals surface area contributed by atoms with Crippen LogP contribution in [0.3, 0.4) is 0 Å². The number of furan rings is 1. The average Bonchev–Trinajstić information content (AvgIpc) is 3.09. The molecule has 0 aliphatic heterocycles. The van der Waals surface area contributed by atoms with Crippen LogP contribution in [0.15, 0.2) is 47.3 Å². The fourth-order valence-electron chi connectivity index (χ4n) is 1.86. The number of hydrogen-bond acceptors (Lipinski definition) is 3. The number of anilines is 1. The zero-order valence-corrected chi connectivity index (χ0v) is 10.6. The first-order valence-electron chi connectivity index (χ1n) is 6.47. The summed E-state index contributed by atoms with van der Waals surface area (Å²) in [5, 5.41) is 6.26. The third-order valence-corrected chi connectivity index (χ3v) is 3.11. The Morgan fingerprint density at radius 2 is 2.21 bits per heavy atom. The second-order valence-corrected chi connectivity index (χ2v) is 4.81. The van der Waals surface area contributed by atoms with Crippen molar-refractivity contribution in [2.24, 2.45) is 0 Å². The van der Waals surface area contributed by atoms with Gasteiger partial charge in [0.15, 0.2) is 0 Å². The molecule has 1 aromatic heterocycles. The quantitative estimate of drug-likeness (QED) is 0.865. The van der Waals surface area contributed by atoms with Crippen LogP contribution in [0.5, 0.6) is 0 Å². The van der Waals surface area contributed by atoms with Crippen LogP contribution in [-0.2, 0) is 6.54 Å². The van der Waals surface area contributed by atoms with Gasteiger partial charge in [0.05, 0.1) is 12.5 Å². The van der Waals surface area contributed by atoms with Gasteiger partial charge in [-0.05, 0) is 37.1 Å². The fraction of sp³-hybridized carbons (Fsp3) is 0.267. The summed E-state index contributed by atoms with van der Waals surface area (Å²) in [6.07, 6.45) is 5.56. The molecule has 1 saturated carbocycles. The van der Waals surface area contributed by atoms with Gasteiger partial charge in [0.1, 0.15) is 0 Å². The molecule has 1 aromatic carbocycles.